The van der Waals surface area contributed by atoms with Crippen molar-refractivity contribution in [1.29, 1.82) is 0 Å². The molecule has 10 heteroatoms. The molecule has 2 aromatic carbocycles. The number of halogens is 1. The van der Waals surface area contributed by atoms with Gasteiger partial charge in [-0.3, -0.25) is 4.79 Å². The van der Waals surface area contributed by atoms with Crippen LogP contribution < -0.4 is 5.32 Å². The Bertz CT molecular complexity index is 1020. The number of carbonyl (C=O) groups is 1. The van der Waals surface area contributed by atoms with Gasteiger partial charge in [-0.1, -0.05) is 30.3 Å². The van der Waals surface area contributed by atoms with Gasteiger partial charge in [0.1, 0.15) is 17.3 Å². The molecule has 3 aromatic rings. The summed E-state index contributed by atoms with van der Waals surface area (Å²) < 4.78 is 39.4. The Morgan fingerprint density at radius 2 is 1.77 bits per heavy atom. The van der Waals surface area contributed by atoms with Crippen molar-refractivity contribution in [2.45, 2.75) is 5.75 Å². The number of amides is 1. The molecule has 0 atom stereocenters. The van der Waals surface area contributed by atoms with Crippen LogP contribution in [0.4, 0.5) is 10.1 Å². The Balaban J connectivity index is 1.71. The van der Waals surface area contributed by atoms with E-state index in [0.717, 1.165) is 6.07 Å². The van der Waals surface area contributed by atoms with E-state index in [1.807, 2.05) is 0 Å². The number of nitrogens with zero attached hydrogens (tertiary/aromatic N) is 4. The standard InChI is InChI=1S/C16H14FN5O3S/c17-13-8-4-5-9-14(13)18-16(23)11-26(24,25)10-15-19-20-21-22(15)12-6-2-1-3-7-12/h1-9H,10-11H2,(H,18,23). The fraction of sp³-hybridized carbons (Fsp3) is 0.125. The molecule has 1 amide bonds. The predicted octanol–water partition coefficient (Wildman–Crippen LogP) is 1.35. The van der Waals surface area contributed by atoms with Crippen molar-refractivity contribution in [1.82, 2.24) is 20.2 Å². The first-order chi connectivity index (χ1) is 12.4. The van der Waals surface area contributed by atoms with Crippen molar-refractivity contribution < 1.29 is 17.6 Å². The zero-order valence-electron chi connectivity index (χ0n) is 13.4. The minimum absolute atomic E-state index is 0.0786. The highest BCUT2D eigenvalue weighted by molar-refractivity contribution is 7.91. The van der Waals surface area contributed by atoms with Crippen LogP contribution >= 0.6 is 0 Å². The largest absolute Gasteiger partial charge is 0.323 e. The number of hydrogen-bond acceptors (Lipinski definition) is 6. The Kier molecular flexibility index (Phi) is 5.03. The second kappa shape index (κ2) is 7.40. The SMILES string of the molecule is O=C(CS(=O)(=O)Cc1nnnn1-c1ccccc1)Nc1ccccc1F. The smallest absolute Gasteiger partial charge is 0.239 e. The van der Waals surface area contributed by atoms with E-state index in [9.17, 15) is 17.6 Å². The summed E-state index contributed by atoms with van der Waals surface area (Å²) in [5, 5.41) is 13.2. The molecule has 0 fully saturated rings. The number of sulfone groups is 1. The summed E-state index contributed by atoms with van der Waals surface area (Å²) >= 11 is 0. The maximum absolute atomic E-state index is 13.5. The van der Waals surface area contributed by atoms with Gasteiger partial charge < -0.3 is 5.32 Å². The topological polar surface area (TPSA) is 107 Å². The average Bonchev–Trinajstić information content (AvgIpc) is 3.04. The van der Waals surface area contributed by atoms with Crippen LogP contribution in [0.3, 0.4) is 0 Å². The molecule has 26 heavy (non-hydrogen) atoms. The molecule has 0 aliphatic carbocycles. The van der Waals surface area contributed by atoms with Gasteiger partial charge in [0.2, 0.25) is 5.91 Å². The molecule has 3 rings (SSSR count). The summed E-state index contributed by atoms with van der Waals surface area (Å²) in [6.07, 6.45) is 0. The fourth-order valence-corrected chi connectivity index (χ4v) is 3.41. The fourth-order valence-electron chi connectivity index (χ4n) is 2.26. The number of tetrazole rings is 1. The van der Waals surface area contributed by atoms with Gasteiger partial charge >= 0.3 is 0 Å². The summed E-state index contributed by atoms with van der Waals surface area (Å²) in [6, 6.07) is 14.3. The molecule has 0 radical (unpaired) electrons. The Labute approximate surface area is 148 Å². The summed E-state index contributed by atoms with van der Waals surface area (Å²) in [7, 11) is -3.87. The van der Waals surface area contributed by atoms with Gasteiger partial charge in [0, 0.05) is 0 Å². The summed E-state index contributed by atoms with van der Waals surface area (Å²) in [4.78, 5) is 11.9. The van der Waals surface area contributed by atoms with E-state index < -0.39 is 33.1 Å². The van der Waals surface area contributed by atoms with E-state index in [-0.39, 0.29) is 11.5 Å². The van der Waals surface area contributed by atoms with Crippen molar-refractivity contribution in [3.8, 4) is 5.69 Å². The van der Waals surface area contributed by atoms with Gasteiger partial charge in [-0.25, -0.2) is 12.8 Å². The van der Waals surface area contributed by atoms with E-state index in [1.165, 1.54) is 22.9 Å². The number of nitrogens with one attached hydrogen (secondary N) is 1. The number of aromatic nitrogens is 4. The van der Waals surface area contributed by atoms with Gasteiger partial charge in [-0.2, -0.15) is 4.68 Å². The number of carbonyl (C=O) groups excluding carboxylic acids is 1. The predicted molar refractivity (Wildman–Crippen MR) is 91.7 cm³/mol. The van der Waals surface area contributed by atoms with Gasteiger partial charge in [0.25, 0.3) is 0 Å². The molecule has 0 bridgehead atoms. The zero-order chi connectivity index (χ0) is 18.6. The summed E-state index contributed by atoms with van der Waals surface area (Å²) in [5.74, 6) is -2.75. The van der Waals surface area contributed by atoms with Crippen LogP contribution in [0, 0.1) is 5.82 Å². The molecule has 1 aromatic heterocycles. The molecular weight excluding hydrogens is 361 g/mol. The highest BCUT2D eigenvalue weighted by Crippen LogP contribution is 2.13. The minimum atomic E-state index is -3.87. The first-order valence-corrected chi connectivity index (χ1v) is 9.34. The van der Waals surface area contributed by atoms with Crippen molar-refractivity contribution >= 4 is 21.4 Å². The van der Waals surface area contributed by atoms with Crippen molar-refractivity contribution in [3.05, 3.63) is 66.2 Å². The second-order valence-electron chi connectivity index (χ2n) is 5.40. The van der Waals surface area contributed by atoms with E-state index in [1.54, 1.807) is 30.3 Å². The van der Waals surface area contributed by atoms with Gasteiger partial charge in [0.05, 0.1) is 11.4 Å². The molecule has 8 nitrogen and oxygen atoms in total. The molecule has 0 aliphatic rings. The molecular formula is C16H14FN5O3S. The number of hydrogen-bond donors (Lipinski definition) is 1. The Morgan fingerprint density at radius 3 is 2.50 bits per heavy atom. The van der Waals surface area contributed by atoms with E-state index >= 15 is 0 Å². The average molecular weight is 375 g/mol. The van der Waals surface area contributed by atoms with Gasteiger partial charge in [-0.05, 0) is 34.7 Å². The minimum Gasteiger partial charge on any atom is -0.323 e. The first kappa shape index (κ1) is 17.7. The highest BCUT2D eigenvalue weighted by atomic mass is 32.2. The molecule has 0 unspecified atom stereocenters. The van der Waals surface area contributed by atoms with E-state index in [0.29, 0.717) is 5.69 Å². The molecule has 0 saturated heterocycles. The van der Waals surface area contributed by atoms with Crippen LogP contribution in [0.2, 0.25) is 0 Å². The summed E-state index contributed by atoms with van der Waals surface area (Å²) in [6.45, 7) is 0. The lowest BCUT2D eigenvalue weighted by Gasteiger charge is -2.07. The Morgan fingerprint density at radius 1 is 1.08 bits per heavy atom. The maximum Gasteiger partial charge on any atom is 0.239 e. The van der Waals surface area contributed by atoms with Crippen molar-refractivity contribution in [2.24, 2.45) is 0 Å². The lowest BCUT2D eigenvalue weighted by atomic mass is 10.3. The van der Waals surface area contributed by atoms with Crippen LogP contribution in [-0.2, 0) is 20.4 Å². The van der Waals surface area contributed by atoms with Crippen molar-refractivity contribution in [2.75, 3.05) is 11.1 Å². The van der Waals surface area contributed by atoms with Crippen LogP contribution in [0.15, 0.2) is 54.6 Å². The third-order valence-electron chi connectivity index (χ3n) is 3.38. The van der Waals surface area contributed by atoms with Crippen molar-refractivity contribution in [3.63, 3.8) is 0 Å². The number of anilines is 1. The normalized spacial score (nSPS) is 11.3. The zero-order valence-corrected chi connectivity index (χ0v) is 14.2. The van der Waals surface area contributed by atoms with Crippen LogP contribution in [-0.4, -0.2) is 40.3 Å². The second-order valence-corrected chi connectivity index (χ2v) is 7.47. The lowest BCUT2D eigenvalue weighted by Crippen LogP contribution is -2.25. The lowest BCUT2D eigenvalue weighted by molar-refractivity contribution is -0.113. The quantitative estimate of drug-likeness (QED) is 0.697. The van der Waals surface area contributed by atoms with Crippen LogP contribution in [0.1, 0.15) is 5.82 Å². The van der Waals surface area contributed by atoms with Gasteiger partial charge in [-0.15, -0.1) is 5.10 Å². The molecule has 0 saturated carbocycles. The molecule has 134 valence electrons. The van der Waals surface area contributed by atoms with E-state index in [4.69, 9.17) is 0 Å². The molecule has 0 spiro atoms. The number of benzene rings is 2. The number of para-hydroxylation sites is 2. The maximum atomic E-state index is 13.5. The third-order valence-corrected chi connectivity index (χ3v) is 4.78. The third kappa shape index (κ3) is 4.28. The van der Waals surface area contributed by atoms with Crippen LogP contribution in [0.5, 0.6) is 0 Å². The van der Waals surface area contributed by atoms with Gasteiger partial charge in [0.15, 0.2) is 15.7 Å². The summed E-state index contributed by atoms with van der Waals surface area (Å²) in [5.41, 5.74) is 0.514. The van der Waals surface area contributed by atoms with E-state index in [2.05, 4.69) is 20.8 Å². The monoisotopic (exact) mass is 375 g/mol. The highest BCUT2D eigenvalue weighted by Gasteiger charge is 2.22. The van der Waals surface area contributed by atoms with Crippen LogP contribution in [0.25, 0.3) is 5.69 Å². The first-order valence-electron chi connectivity index (χ1n) is 7.52. The molecule has 1 heterocycles. The number of rotatable bonds is 6. The molecule has 0 aliphatic heterocycles. The molecule has 1 N–H and O–H groups in total. The Hall–Kier alpha value is -3.14.